The van der Waals surface area contributed by atoms with Gasteiger partial charge >= 0.3 is 5.97 Å². The molecule has 0 aromatic carbocycles. The third-order valence-corrected chi connectivity index (χ3v) is 4.63. The van der Waals surface area contributed by atoms with E-state index in [1.54, 1.807) is 6.92 Å². The van der Waals surface area contributed by atoms with Gasteiger partial charge in [-0.3, -0.25) is 4.79 Å². The highest BCUT2D eigenvalue weighted by atomic mass is 32.1. The van der Waals surface area contributed by atoms with Gasteiger partial charge in [-0.2, -0.15) is 0 Å². The van der Waals surface area contributed by atoms with Crippen molar-refractivity contribution in [3.63, 3.8) is 0 Å². The molecule has 0 atom stereocenters. The van der Waals surface area contributed by atoms with Gasteiger partial charge < -0.3 is 15.6 Å². The van der Waals surface area contributed by atoms with Crippen LogP contribution >= 0.6 is 11.3 Å². The Morgan fingerprint density at radius 1 is 1.35 bits per heavy atom. The lowest BCUT2D eigenvalue weighted by Crippen LogP contribution is -2.14. The van der Waals surface area contributed by atoms with Crippen LogP contribution in [0.3, 0.4) is 0 Å². The van der Waals surface area contributed by atoms with Crippen LogP contribution in [0.5, 0.6) is 0 Å². The molecule has 0 bridgehead atoms. The van der Waals surface area contributed by atoms with Crippen molar-refractivity contribution < 1.29 is 19.4 Å². The molecule has 3 N–H and O–H groups in total. The Balaban J connectivity index is 2.39. The molecule has 8 heteroatoms. The number of fused-ring (bicyclic) bond motifs is 1. The standard InChI is InChI=1S/C15H19N3O4S/c1-3-22-15(21)12(8(2)19)17-18-14-11(13(16)20)9-6-4-5-7-10(9)23-14/h19H,3-7H2,1-2H3,(H2,16,20)/b12-8-,18-17?. The number of nitrogens with two attached hydrogens (primary N) is 1. The van der Waals surface area contributed by atoms with Crippen molar-refractivity contribution in [1.82, 2.24) is 0 Å². The van der Waals surface area contributed by atoms with E-state index in [2.05, 4.69) is 10.2 Å². The smallest absolute Gasteiger partial charge is 0.362 e. The second kappa shape index (κ2) is 7.36. The predicted molar refractivity (Wildman–Crippen MR) is 86.0 cm³/mol. The second-order valence-corrected chi connectivity index (χ2v) is 6.19. The topological polar surface area (TPSA) is 114 Å². The Morgan fingerprint density at radius 3 is 2.65 bits per heavy atom. The summed E-state index contributed by atoms with van der Waals surface area (Å²) in [7, 11) is 0. The van der Waals surface area contributed by atoms with Gasteiger partial charge in [-0.15, -0.1) is 21.6 Å². The zero-order valence-electron chi connectivity index (χ0n) is 13.1. The first-order chi connectivity index (χ1) is 11.0. The van der Waals surface area contributed by atoms with Gasteiger partial charge in [0.1, 0.15) is 5.76 Å². The van der Waals surface area contributed by atoms with Gasteiger partial charge in [0.05, 0.1) is 12.2 Å². The maximum absolute atomic E-state index is 11.7. The van der Waals surface area contributed by atoms with Crippen molar-refractivity contribution in [3.8, 4) is 0 Å². The fraction of sp³-hybridized carbons (Fsp3) is 0.467. The average molecular weight is 337 g/mol. The number of amides is 1. The number of hydrogen-bond acceptors (Lipinski definition) is 7. The molecule has 1 amide bonds. The molecule has 7 nitrogen and oxygen atoms in total. The lowest BCUT2D eigenvalue weighted by Gasteiger charge is -2.10. The maximum atomic E-state index is 11.7. The van der Waals surface area contributed by atoms with E-state index < -0.39 is 11.9 Å². The summed E-state index contributed by atoms with van der Waals surface area (Å²) in [6.45, 7) is 3.13. The van der Waals surface area contributed by atoms with Crippen molar-refractivity contribution in [2.24, 2.45) is 16.0 Å². The molecule has 0 aliphatic heterocycles. The zero-order chi connectivity index (χ0) is 17.0. The largest absolute Gasteiger partial charge is 0.510 e. The summed E-state index contributed by atoms with van der Waals surface area (Å²) in [5, 5.41) is 17.7. The summed E-state index contributed by atoms with van der Waals surface area (Å²) < 4.78 is 4.81. The molecule has 1 aliphatic carbocycles. The molecule has 0 spiro atoms. The normalized spacial score (nSPS) is 15.2. The van der Waals surface area contributed by atoms with E-state index in [0.29, 0.717) is 10.6 Å². The van der Waals surface area contributed by atoms with Gasteiger partial charge in [-0.25, -0.2) is 4.79 Å². The fourth-order valence-corrected chi connectivity index (χ4v) is 3.65. The number of carbonyl (C=O) groups excluding carboxylic acids is 2. The summed E-state index contributed by atoms with van der Waals surface area (Å²) in [6, 6.07) is 0. The molecule has 0 saturated carbocycles. The minimum Gasteiger partial charge on any atom is -0.510 e. The van der Waals surface area contributed by atoms with Crippen LogP contribution < -0.4 is 5.73 Å². The van der Waals surface area contributed by atoms with E-state index >= 15 is 0 Å². The van der Waals surface area contributed by atoms with E-state index in [1.807, 2.05) is 0 Å². The van der Waals surface area contributed by atoms with E-state index in [0.717, 1.165) is 36.1 Å². The first-order valence-electron chi connectivity index (χ1n) is 7.38. The third-order valence-electron chi connectivity index (χ3n) is 3.45. The molecule has 1 heterocycles. The number of aliphatic hydroxyl groups is 1. The summed E-state index contributed by atoms with van der Waals surface area (Å²) in [5.41, 5.74) is 6.49. The molecular formula is C15H19N3O4S. The van der Waals surface area contributed by atoms with E-state index in [4.69, 9.17) is 10.5 Å². The number of ether oxygens (including phenoxy) is 1. The van der Waals surface area contributed by atoms with Gasteiger partial charge in [0.15, 0.2) is 5.00 Å². The Hall–Kier alpha value is -2.22. The average Bonchev–Trinajstić information content (AvgIpc) is 2.85. The molecule has 124 valence electrons. The lowest BCUT2D eigenvalue weighted by molar-refractivity contribution is -0.138. The Morgan fingerprint density at radius 2 is 2.04 bits per heavy atom. The number of allylic oxidation sites excluding steroid dienone is 1. The van der Waals surface area contributed by atoms with Gasteiger partial charge in [0.2, 0.25) is 5.70 Å². The fourth-order valence-electron chi connectivity index (χ4n) is 2.43. The van der Waals surface area contributed by atoms with Crippen LogP contribution in [-0.2, 0) is 22.4 Å². The number of hydrogen-bond donors (Lipinski definition) is 2. The predicted octanol–water partition coefficient (Wildman–Crippen LogP) is 3.16. The van der Waals surface area contributed by atoms with Crippen LogP contribution in [0.4, 0.5) is 5.00 Å². The van der Waals surface area contributed by atoms with Gasteiger partial charge in [-0.1, -0.05) is 0 Å². The number of rotatable bonds is 5. The van der Waals surface area contributed by atoms with Crippen LogP contribution in [0.2, 0.25) is 0 Å². The van der Waals surface area contributed by atoms with E-state index in [-0.39, 0.29) is 18.1 Å². The van der Waals surface area contributed by atoms with Crippen LogP contribution in [0.15, 0.2) is 21.7 Å². The quantitative estimate of drug-likeness (QED) is 0.371. The Kier molecular flexibility index (Phi) is 5.49. The highest BCUT2D eigenvalue weighted by molar-refractivity contribution is 7.16. The monoisotopic (exact) mass is 337 g/mol. The Labute approximate surface area is 137 Å². The molecule has 23 heavy (non-hydrogen) atoms. The molecule has 0 unspecified atom stereocenters. The number of aryl methyl sites for hydroxylation is 1. The number of esters is 1. The van der Waals surface area contributed by atoms with Crippen molar-refractivity contribution in [2.45, 2.75) is 39.5 Å². The summed E-state index contributed by atoms with van der Waals surface area (Å²) >= 11 is 1.35. The molecule has 0 radical (unpaired) electrons. The Bertz CT molecular complexity index is 687. The number of thiophene rings is 1. The molecule has 1 aliphatic rings. The molecule has 0 saturated heterocycles. The molecular weight excluding hydrogens is 318 g/mol. The zero-order valence-corrected chi connectivity index (χ0v) is 13.9. The number of primary amides is 1. The van der Waals surface area contributed by atoms with E-state index in [1.165, 1.54) is 18.3 Å². The third kappa shape index (κ3) is 3.76. The summed E-state index contributed by atoms with van der Waals surface area (Å²) in [4.78, 5) is 24.6. The van der Waals surface area contributed by atoms with Gasteiger partial charge in [-0.05, 0) is 45.1 Å². The van der Waals surface area contributed by atoms with Crippen LogP contribution in [0.1, 0.15) is 47.5 Å². The number of carbonyl (C=O) groups is 2. The molecule has 1 aromatic rings. The minimum absolute atomic E-state index is 0.158. The number of azo groups is 1. The number of nitrogens with zero attached hydrogens (tertiary/aromatic N) is 2. The maximum Gasteiger partial charge on any atom is 0.362 e. The number of aliphatic hydroxyl groups excluding tert-OH is 1. The van der Waals surface area contributed by atoms with Gasteiger partial charge in [0.25, 0.3) is 5.91 Å². The first kappa shape index (κ1) is 17.1. The first-order valence-corrected chi connectivity index (χ1v) is 8.20. The molecule has 1 aromatic heterocycles. The summed E-state index contributed by atoms with van der Waals surface area (Å²) in [6.07, 6.45) is 3.74. The molecule has 2 rings (SSSR count). The molecule has 0 fully saturated rings. The van der Waals surface area contributed by atoms with Crippen molar-refractivity contribution >= 4 is 28.2 Å². The second-order valence-electron chi connectivity index (χ2n) is 5.11. The van der Waals surface area contributed by atoms with Gasteiger partial charge in [0, 0.05) is 4.88 Å². The highest BCUT2D eigenvalue weighted by Gasteiger charge is 2.24. The van der Waals surface area contributed by atoms with Crippen LogP contribution in [0.25, 0.3) is 0 Å². The minimum atomic E-state index is -0.766. The van der Waals surface area contributed by atoms with Crippen LogP contribution in [0, 0.1) is 0 Å². The van der Waals surface area contributed by atoms with Crippen molar-refractivity contribution in [3.05, 3.63) is 27.5 Å². The van der Waals surface area contributed by atoms with Crippen molar-refractivity contribution in [1.29, 1.82) is 0 Å². The SMILES string of the molecule is CCOC(=O)/C(N=Nc1sc2c(c1C(N)=O)CCCC2)=C(\C)O. The lowest BCUT2D eigenvalue weighted by atomic mass is 9.95. The van der Waals surface area contributed by atoms with E-state index in [9.17, 15) is 14.7 Å². The highest BCUT2D eigenvalue weighted by Crippen LogP contribution is 2.40. The summed E-state index contributed by atoms with van der Waals surface area (Å²) in [5.74, 6) is -1.62. The van der Waals surface area contributed by atoms with Crippen molar-refractivity contribution in [2.75, 3.05) is 6.61 Å². The van der Waals surface area contributed by atoms with Crippen LogP contribution in [-0.4, -0.2) is 23.6 Å².